The lowest BCUT2D eigenvalue weighted by molar-refractivity contribution is -0.141. The second-order valence-electron chi connectivity index (χ2n) is 8.53. The highest BCUT2D eigenvalue weighted by Crippen LogP contribution is 2.53. The topological polar surface area (TPSA) is 85.0 Å². The molecular formula is C22H19F5N6O2. The number of halogens is 5. The molecule has 2 aromatic heterocycles. The molecule has 184 valence electrons. The third-order valence-electron chi connectivity index (χ3n) is 6.09. The molecule has 0 bridgehead atoms. The van der Waals surface area contributed by atoms with Gasteiger partial charge in [0.25, 0.3) is 11.8 Å². The van der Waals surface area contributed by atoms with Crippen LogP contribution in [0.25, 0.3) is 11.3 Å². The van der Waals surface area contributed by atoms with Gasteiger partial charge in [0.15, 0.2) is 11.5 Å². The number of hydrogen-bond acceptors (Lipinski definition) is 4. The van der Waals surface area contributed by atoms with Crippen LogP contribution in [0.3, 0.4) is 0 Å². The van der Waals surface area contributed by atoms with E-state index >= 15 is 0 Å². The molecule has 35 heavy (non-hydrogen) atoms. The number of carbonyl (C=O) groups excluding carboxylic acids is 2. The van der Waals surface area contributed by atoms with Crippen LogP contribution in [-0.2, 0) is 18.0 Å². The van der Waals surface area contributed by atoms with Gasteiger partial charge >= 0.3 is 6.18 Å². The molecule has 2 amide bonds. The van der Waals surface area contributed by atoms with Gasteiger partial charge in [0.1, 0.15) is 6.04 Å². The van der Waals surface area contributed by atoms with Crippen LogP contribution in [0, 0.1) is 0 Å². The highest BCUT2D eigenvalue weighted by molar-refractivity contribution is 6.02. The van der Waals surface area contributed by atoms with Crippen LogP contribution in [0.1, 0.15) is 41.6 Å². The summed E-state index contributed by atoms with van der Waals surface area (Å²) in [6.45, 7) is 0.621. The molecule has 1 unspecified atom stereocenters. The van der Waals surface area contributed by atoms with Crippen LogP contribution >= 0.6 is 0 Å². The van der Waals surface area contributed by atoms with Crippen molar-refractivity contribution < 1.29 is 31.5 Å². The molecule has 2 aliphatic rings. The summed E-state index contributed by atoms with van der Waals surface area (Å²) in [5.74, 6) is -3.95. The van der Waals surface area contributed by atoms with Gasteiger partial charge < -0.3 is 14.8 Å². The van der Waals surface area contributed by atoms with E-state index in [0.29, 0.717) is 29.0 Å². The van der Waals surface area contributed by atoms with Gasteiger partial charge in [0, 0.05) is 44.0 Å². The van der Waals surface area contributed by atoms with E-state index in [1.54, 1.807) is 29.2 Å². The van der Waals surface area contributed by atoms with Crippen LogP contribution in [0.5, 0.6) is 0 Å². The molecule has 5 rings (SSSR count). The van der Waals surface area contributed by atoms with Gasteiger partial charge in [-0.3, -0.25) is 14.3 Å². The molecule has 3 heterocycles. The molecule has 1 saturated carbocycles. The van der Waals surface area contributed by atoms with Crippen molar-refractivity contribution >= 4 is 23.2 Å². The fraction of sp³-hybridized carbons (Fsp3) is 0.364. The maximum absolute atomic E-state index is 13.6. The summed E-state index contributed by atoms with van der Waals surface area (Å²) in [6.07, 6.45) is -2.25. The molecule has 3 aromatic rings. The van der Waals surface area contributed by atoms with E-state index in [4.69, 9.17) is 0 Å². The van der Waals surface area contributed by atoms with Crippen molar-refractivity contribution in [2.75, 3.05) is 16.8 Å². The van der Waals surface area contributed by atoms with Gasteiger partial charge in [-0.1, -0.05) is 0 Å². The van der Waals surface area contributed by atoms with Crippen LogP contribution in [0.2, 0.25) is 0 Å². The zero-order valence-corrected chi connectivity index (χ0v) is 18.3. The van der Waals surface area contributed by atoms with E-state index < -0.39 is 41.7 Å². The van der Waals surface area contributed by atoms with Crippen LogP contribution in [0.15, 0.2) is 36.7 Å². The van der Waals surface area contributed by atoms with Gasteiger partial charge in [0.05, 0.1) is 17.5 Å². The first-order valence-corrected chi connectivity index (χ1v) is 10.7. The maximum Gasteiger partial charge on any atom is 0.435 e. The molecule has 1 N–H and O–H groups in total. The number of benzene rings is 1. The summed E-state index contributed by atoms with van der Waals surface area (Å²) in [5.41, 5.74) is -0.783. The van der Waals surface area contributed by atoms with Crippen molar-refractivity contribution in [1.29, 1.82) is 0 Å². The Labute approximate surface area is 195 Å². The number of rotatable bonds is 5. The Kier molecular flexibility index (Phi) is 5.18. The van der Waals surface area contributed by atoms with Crippen molar-refractivity contribution in [2.24, 2.45) is 7.05 Å². The molecule has 0 spiro atoms. The van der Waals surface area contributed by atoms with Gasteiger partial charge in [0.2, 0.25) is 5.91 Å². The lowest BCUT2D eigenvalue weighted by atomic mass is 10.2. The standard InChI is InChI=1S/C22H19F5N6O2/c1-31-15(14-11-33(16-9-21(16,23)24)30-18(14)22(25,26)27)10-28-19(31)20(35)29-12-4-6-13(7-5-12)32-8-2-3-17(32)34/h4-7,10-11,16H,2-3,8-9H2,1H3,(H,29,35). The highest BCUT2D eigenvalue weighted by Gasteiger charge is 2.59. The number of amides is 2. The van der Waals surface area contributed by atoms with E-state index in [-0.39, 0.29) is 17.4 Å². The van der Waals surface area contributed by atoms with Gasteiger partial charge in [-0.05, 0) is 30.7 Å². The summed E-state index contributed by atoms with van der Waals surface area (Å²) >= 11 is 0. The van der Waals surface area contributed by atoms with E-state index in [2.05, 4.69) is 15.4 Å². The summed E-state index contributed by atoms with van der Waals surface area (Å²) in [5, 5.41) is 5.98. The zero-order chi connectivity index (χ0) is 25.1. The minimum absolute atomic E-state index is 0.0225. The molecule has 1 atom stereocenters. The molecule has 13 heteroatoms. The van der Waals surface area contributed by atoms with Crippen molar-refractivity contribution in [3.63, 3.8) is 0 Å². The van der Waals surface area contributed by atoms with Gasteiger partial charge in [-0.15, -0.1) is 0 Å². The Morgan fingerprint density at radius 1 is 1.20 bits per heavy atom. The van der Waals surface area contributed by atoms with Crippen molar-refractivity contribution in [1.82, 2.24) is 19.3 Å². The molecule has 2 fully saturated rings. The van der Waals surface area contributed by atoms with E-state index in [0.717, 1.165) is 23.4 Å². The number of carbonyl (C=O) groups is 2. The Morgan fingerprint density at radius 3 is 2.46 bits per heavy atom. The minimum Gasteiger partial charge on any atom is -0.323 e. The summed E-state index contributed by atoms with van der Waals surface area (Å²) in [6, 6.07) is 5.13. The van der Waals surface area contributed by atoms with E-state index in [1.165, 1.54) is 7.05 Å². The molecule has 1 aliphatic carbocycles. The number of imidazole rings is 1. The maximum atomic E-state index is 13.6. The van der Waals surface area contributed by atoms with Crippen molar-refractivity contribution in [2.45, 2.75) is 37.4 Å². The lowest BCUT2D eigenvalue weighted by Gasteiger charge is -2.16. The smallest absolute Gasteiger partial charge is 0.323 e. The predicted molar refractivity (Wildman–Crippen MR) is 114 cm³/mol. The normalized spacial score (nSPS) is 19.3. The summed E-state index contributed by atoms with van der Waals surface area (Å²) in [7, 11) is 1.35. The number of alkyl halides is 5. The highest BCUT2D eigenvalue weighted by atomic mass is 19.4. The van der Waals surface area contributed by atoms with Crippen molar-refractivity contribution in [3.8, 4) is 11.3 Å². The van der Waals surface area contributed by atoms with Crippen molar-refractivity contribution in [3.05, 3.63) is 48.2 Å². The first kappa shape index (κ1) is 23.0. The monoisotopic (exact) mass is 494 g/mol. The number of anilines is 2. The lowest BCUT2D eigenvalue weighted by Crippen LogP contribution is -2.23. The SMILES string of the molecule is Cn1c(-c2cn(C3CC3(F)F)nc2C(F)(F)F)cnc1C(=O)Nc1ccc(N2CCCC2=O)cc1. The fourth-order valence-corrected chi connectivity index (χ4v) is 4.14. The van der Waals surface area contributed by atoms with E-state index in [1.807, 2.05) is 0 Å². The number of aromatic nitrogens is 4. The zero-order valence-electron chi connectivity index (χ0n) is 18.3. The third kappa shape index (κ3) is 4.15. The number of hydrogen-bond donors (Lipinski definition) is 1. The second kappa shape index (κ2) is 7.89. The Bertz CT molecular complexity index is 1310. The minimum atomic E-state index is -4.89. The third-order valence-corrected chi connectivity index (χ3v) is 6.09. The van der Waals surface area contributed by atoms with Gasteiger partial charge in [-0.2, -0.15) is 18.3 Å². The quantitative estimate of drug-likeness (QED) is 0.538. The van der Waals surface area contributed by atoms with Gasteiger partial charge in [-0.25, -0.2) is 13.8 Å². The summed E-state index contributed by atoms with van der Waals surface area (Å²) in [4.78, 5) is 30.2. The molecule has 1 saturated heterocycles. The fourth-order valence-electron chi connectivity index (χ4n) is 4.14. The largest absolute Gasteiger partial charge is 0.435 e. The van der Waals surface area contributed by atoms with Crippen LogP contribution in [0.4, 0.5) is 33.3 Å². The Hall–Kier alpha value is -3.77. The number of nitrogens with zero attached hydrogens (tertiary/aromatic N) is 5. The molecule has 1 aliphatic heterocycles. The second-order valence-corrected chi connectivity index (χ2v) is 8.53. The van der Waals surface area contributed by atoms with Crippen LogP contribution in [-0.4, -0.2) is 43.6 Å². The first-order valence-electron chi connectivity index (χ1n) is 10.7. The Morgan fingerprint density at radius 2 is 1.89 bits per heavy atom. The molecule has 1 aromatic carbocycles. The van der Waals surface area contributed by atoms with E-state index in [9.17, 15) is 31.5 Å². The van der Waals surface area contributed by atoms with Crippen LogP contribution < -0.4 is 10.2 Å². The molecular weight excluding hydrogens is 475 g/mol. The number of nitrogens with one attached hydrogen (secondary N) is 1. The molecule has 0 radical (unpaired) electrons. The first-order chi connectivity index (χ1) is 16.5. The predicted octanol–water partition coefficient (Wildman–Crippen LogP) is 4.26. The Balaban J connectivity index is 1.38. The summed E-state index contributed by atoms with van der Waals surface area (Å²) < 4.78 is 69.3. The average Bonchev–Trinajstić information content (AvgIpc) is 3.21. The molecule has 8 nitrogen and oxygen atoms in total. The average molecular weight is 494 g/mol.